The summed E-state index contributed by atoms with van der Waals surface area (Å²) in [4.78, 5) is 11.5. The van der Waals surface area contributed by atoms with Crippen LogP contribution in [0.4, 0.5) is 4.39 Å². The van der Waals surface area contributed by atoms with Crippen LogP contribution in [0.2, 0.25) is 5.02 Å². The highest BCUT2D eigenvalue weighted by molar-refractivity contribution is 7.89. The topological polar surface area (TPSA) is 101 Å². The molecule has 0 bridgehead atoms. The van der Waals surface area contributed by atoms with Crippen molar-refractivity contribution in [1.29, 1.82) is 0 Å². The minimum absolute atomic E-state index is 0.0125. The van der Waals surface area contributed by atoms with Crippen LogP contribution >= 0.6 is 11.6 Å². The normalized spacial score (nSPS) is 11.4. The number of nitrogens with one attached hydrogen (secondary N) is 2. The number of hydrogen-bond acceptors (Lipinski definition) is 5. The average molecular weight is 390 g/mol. The quantitative estimate of drug-likeness (QED) is 0.638. The molecule has 0 radical (unpaired) electrons. The van der Waals surface area contributed by atoms with Gasteiger partial charge in [0.1, 0.15) is 12.1 Å². The van der Waals surface area contributed by atoms with Crippen LogP contribution in [0.5, 0.6) is 0 Å². The second-order valence-corrected chi connectivity index (χ2v) is 7.38. The Kier molecular flexibility index (Phi) is 6.91. The van der Waals surface area contributed by atoms with E-state index in [1.807, 2.05) is 0 Å². The third-order valence-corrected chi connectivity index (χ3v) is 5.04. The first-order chi connectivity index (χ1) is 11.9. The van der Waals surface area contributed by atoms with Gasteiger partial charge in [-0.1, -0.05) is 16.8 Å². The summed E-state index contributed by atoms with van der Waals surface area (Å²) in [6.45, 7) is 0.388. The molecule has 25 heavy (non-hydrogen) atoms. The summed E-state index contributed by atoms with van der Waals surface area (Å²) >= 11 is 5.57. The van der Waals surface area contributed by atoms with Crippen molar-refractivity contribution < 1.29 is 22.1 Å². The van der Waals surface area contributed by atoms with Gasteiger partial charge in [-0.05, 0) is 31.0 Å². The minimum Gasteiger partial charge on any atom is -0.364 e. The van der Waals surface area contributed by atoms with E-state index in [1.165, 1.54) is 6.26 Å². The Bertz CT molecular complexity index is 812. The molecule has 136 valence electrons. The number of aryl methyl sites for hydroxylation is 1. The number of halogens is 2. The zero-order valence-corrected chi connectivity index (χ0v) is 14.7. The summed E-state index contributed by atoms with van der Waals surface area (Å²) in [5, 5.41) is 5.99. The van der Waals surface area contributed by atoms with Crippen LogP contribution in [-0.2, 0) is 21.2 Å². The van der Waals surface area contributed by atoms with Crippen LogP contribution in [0.15, 0.2) is 40.1 Å². The lowest BCUT2D eigenvalue weighted by Gasteiger charge is -2.08. The van der Waals surface area contributed by atoms with Gasteiger partial charge in [0, 0.05) is 25.1 Å². The lowest BCUT2D eigenvalue weighted by atomic mass is 10.2. The summed E-state index contributed by atoms with van der Waals surface area (Å²) in [6, 6.07) is 3.09. The maximum absolute atomic E-state index is 13.1. The lowest BCUT2D eigenvalue weighted by Crippen LogP contribution is -2.31. The van der Waals surface area contributed by atoms with Crippen LogP contribution in [0.3, 0.4) is 0 Å². The van der Waals surface area contributed by atoms with E-state index in [2.05, 4.69) is 15.2 Å². The third-order valence-electron chi connectivity index (χ3n) is 3.29. The van der Waals surface area contributed by atoms with Gasteiger partial charge in [-0.2, -0.15) is 0 Å². The van der Waals surface area contributed by atoms with Crippen LogP contribution in [0.25, 0.3) is 0 Å². The van der Waals surface area contributed by atoms with E-state index in [4.69, 9.17) is 16.1 Å². The molecule has 1 heterocycles. The van der Waals surface area contributed by atoms with Gasteiger partial charge in [-0.3, -0.25) is 4.79 Å². The predicted molar refractivity (Wildman–Crippen MR) is 89.0 cm³/mol. The Labute approximate surface area is 149 Å². The number of nitrogens with zero attached hydrogens (tertiary/aromatic N) is 1. The lowest BCUT2D eigenvalue weighted by molar-refractivity contribution is -0.120. The van der Waals surface area contributed by atoms with Crippen molar-refractivity contribution in [2.45, 2.75) is 24.2 Å². The molecule has 7 nitrogen and oxygen atoms in total. The summed E-state index contributed by atoms with van der Waals surface area (Å²) < 4.78 is 44.1. The van der Waals surface area contributed by atoms with Gasteiger partial charge >= 0.3 is 0 Å². The Hall–Kier alpha value is -1.97. The highest BCUT2D eigenvalue weighted by Crippen LogP contribution is 2.19. The van der Waals surface area contributed by atoms with E-state index in [9.17, 15) is 17.6 Å². The van der Waals surface area contributed by atoms with Crippen molar-refractivity contribution in [2.75, 3.05) is 13.1 Å². The molecule has 0 fully saturated rings. The molecule has 0 spiro atoms. The molecule has 0 aliphatic carbocycles. The second kappa shape index (κ2) is 8.93. The van der Waals surface area contributed by atoms with Crippen molar-refractivity contribution >= 4 is 27.5 Å². The fourth-order valence-electron chi connectivity index (χ4n) is 1.99. The summed E-state index contributed by atoms with van der Waals surface area (Å²) in [5.41, 5.74) is 0.944. The fourth-order valence-corrected chi connectivity index (χ4v) is 3.29. The summed E-state index contributed by atoms with van der Waals surface area (Å²) in [6.07, 6.45) is 4.58. The molecular weight excluding hydrogens is 373 g/mol. The Morgan fingerprint density at radius 2 is 2.12 bits per heavy atom. The molecule has 0 aliphatic rings. The average Bonchev–Trinajstić information content (AvgIpc) is 3.07. The Morgan fingerprint density at radius 3 is 2.80 bits per heavy atom. The highest BCUT2D eigenvalue weighted by atomic mass is 35.5. The predicted octanol–water partition coefficient (Wildman–Crippen LogP) is 1.88. The maximum Gasteiger partial charge on any atom is 0.240 e. The van der Waals surface area contributed by atoms with Crippen LogP contribution < -0.4 is 10.0 Å². The molecule has 10 heteroatoms. The number of benzene rings is 1. The highest BCUT2D eigenvalue weighted by Gasteiger charge is 2.16. The number of hydrogen-bond donors (Lipinski definition) is 2. The number of carbonyl (C=O) groups excluding carboxylic acids is 1. The Balaban J connectivity index is 1.69. The SMILES string of the molecule is O=C(CCNS(=O)(=O)c1ccc(F)c(Cl)c1)NCCCc1cnoc1. The first kappa shape index (κ1) is 19.4. The first-order valence-electron chi connectivity index (χ1n) is 7.48. The first-order valence-corrected chi connectivity index (χ1v) is 9.34. The van der Waals surface area contributed by atoms with E-state index in [0.29, 0.717) is 13.0 Å². The molecule has 0 unspecified atom stereocenters. The van der Waals surface area contributed by atoms with Gasteiger partial charge in [-0.25, -0.2) is 17.5 Å². The molecule has 0 atom stereocenters. The molecule has 1 aromatic heterocycles. The standard InChI is InChI=1S/C15H17ClFN3O4S/c16-13-8-12(3-4-14(13)17)25(22,23)20-7-5-15(21)18-6-1-2-11-9-19-24-10-11/h3-4,8-10,20H,1-2,5-7H2,(H,18,21). The smallest absolute Gasteiger partial charge is 0.240 e. The van der Waals surface area contributed by atoms with E-state index < -0.39 is 15.8 Å². The number of amides is 1. The number of sulfonamides is 1. The minimum atomic E-state index is -3.85. The molecule has 2 N–H and O–H groups in total. The summed E-state index contributed by atoms with van der Waals surface area (Å²) in [5.74, 6) is -0.976. The largest absolute Gasteiger partial charge is 0.364 e. The second-order valence-electron chi connectivity index (χ2n) is 5.21. The van der Waals surface area contributed by atoms with Crippen molar-refractivity contribution in [3.05, 3.63) is 47.1 Å². The van der Waals surface area contributed by atoms with Gasteiger partial charge in [-0.15, -0.1) is 0 Å². The molecule has 0 saturated heterocycles. The number of aromatic nitrogens is 1. The molecule has 0 saturated carbocycles. The van der Waals surface area contributed by atoms with E-state index in [-0.39, 0.29) is 28.8 Å². The molecule has 0 aliphatic heterocycles. The molecule has 2 aromatic rings. The van der Waals surface area contributed by atoms with Gasteiger partial charge < -0.3 is 9.84 Å². The van der Waals surface area contributed by atoms with Gasteiger partial charge in [0.2, 0.25) is 15.9 Å². The van der Waals surface area contributed by atoms with Gasteiger partial charge in [0.05, 0.1) is 16.1 Å². The van der Waals surface area contributed by atoms with Crippen molar-refractivity contribution in [3.8, 4) is 0 Å². The molecule has 1 aromatic carbocycles. The summed E-state index contributed by atoms with van der Waals surface area (Å²) in [7, 11) is -3.85. The monoisotopic (exact) mass is 389 g/mol. The van der Waals surface area contributed by atoms with E-state index in [1.54, 1.807) is 6.20 Å². The van der Waals surface area contributed by atoms with Crippen LogP contribution in [0, 0.1) is 5.82 Å². The third kappa shape index (κ3) is 6.11. The van der Waals surface area contributed by atoms with E-state index >= 15 is 0 Å². The van der Waals surface area contributed by atoms with Crippen molar-refractivity contribution in [2.24, 2.45) is 0 Å². The molecule has 2 rings (SSSR count). The zero-order chi connectivity index (χ0) is 18.3. The number of rotatable bonds is 9. The molecule has 1 amide bonds. The molecular formula is C15H17ClFN3O4S. The van der Waals surface area contributed by atoms with Gasteiger partial charge in [0.25, 0.3) is 0 Å². The fraction of sp³-hybridized carbons (Fsp3) is 0.333. The van der Waals surface area contributed by atoms with Crippen molar-refractivity contribution in [1.82, 2.24) is 15.2 Å². The van der Waals surface area contributed by atoms with Crippen LogP contribution in [-0.4, -0.2) is 32.6 Å². The number of carbonyl (C=O) groups is 1. The van der Waals surface area contributed by atoms with Crippen LogP contribution in [0.1, 0.15) is 18.4 Å². The van der Waals surface area contributed by atoms with Gasteiger partial charge in [0.15, 0.2) is 0 Å². The van der Waals surface area contributed by atoms with E-state index in [0.717, 1.165) is 30.2 Å². The maximum atomic E-state index is 13.1. The Morgan fingerprint density at radius 1 is 1.32 bits per heavy atom. The zero-order valence-electron chi connectivity index (χ0n) is 13.2. The van der Waals surface area contributed by atoms with Crippen molar-refractivity contribution in [3.63, 3.8) is 0 Å².